The molecule has 104 valence electrons. The smallest absolute Gasteiger partial charge is 0.0303 e. The highest BCUT2D eigenvalue weighted by atomic mass is 15.2. The molecule has 0 spiro atoms. The molecule has 0 heterocycles. The molecular weight excluding hydrogens is 208 g/mol. The number of nitrogens with zero attached hydrogens (tertiary/aromatic N) is 1. The van der Waals surface area contributed by atoms with Gasteiger partial charge in [0.2, 0.25) is 0 Å². The van der Waals surface area contributed by atoms with E-state index in [9.17, 15) is 0 Å². The van der Waals surface area contributed by atoms with E-state index in [1.54, 1.807) is 0 Å². The molecule has 0 fully saturated rings. The molecule has 0 aromatic rings. The minimum Gasteiger partial charge on any atom is -0.326 e. The van der Waals surface area contributed by atoms with Crippen LogP contribution in [0.15, 0.2) is 0 Å². The second kappa shape index (κ2) is 8.93. The van der Waals surface area contributed by atoms with Gasteiger partial charge in [-0.25, -0.2) is 0 Å². The fourth-order valence-electron chi connectivity index (χ4n) is 2.59. The lowest BCUT2D eigenvalue weighted by Gasteiger charge is -2.42. The van der Waals surface area contributed by atoms with Gasteiger partial charge < -0.3 is 5.73 Å². The first-order valence-electron chi connectivity index (χ1n) is 7.51. The van der Waals surface area contributed by atoms with Gasteiger partial charge in [-0.05, 0) is 33.4 Å². The van der Waals surface area contributed by atoms with Crippen molar-refractivity contribution in [3.05, 3.63) is 0 Å². The standard InChI is InChI=1S/C15H34N2/c1-6-9-10-11-12-13-14(16)15(4,5)17(7-2)8-3/h14H,6-13,16H2,1-5H3. The van der Waals surface area contributed by atoms with Crippen molar-refractivity contribution >= 4 is 0 Å². The van der Waals surface area contributed by atoms with Crippen molar-refractivity contribution in [1.29, 1.82) is 0 Å². The van der Waals surface area contributed by atoms with E-state index in [1.165, 1.54) is 32.1 Å². The number of likely N-dealkylation sites (N-methyl/N-ethyl adjacent to an activating group) is 1. The lowest BCUT2D eigenvalue weighted by molar-refractivity contribution is 0.102. The van der Waals surface area contributed by atoms with Crippen LogP contribution in [0.25, 0.3) is 0 Å². The van der Waals surface area contributed by atoms with Crippen LogP contribution in [0.2, 0.25) is 0 Å². The molecule has 2 heteroatoms. The Bertz CT molecular complexity index is 174. The molecule has 0 amide bonds. The van der Waals surface area contributed by atoms with E-state index in [-0.39, 0.29) is 5.54 Å². The molecule has 0 radical (unpaired) electrons. The van der Waals surface area contributed by atoms with Gasteiger partial charge in [0.25, 0.3) is 0 Å². The average Bonchev–Trinajstić information content (AvgIpc) is 2.29. The van der Waals surface area contributed by atoms with E-state index >= 15 is 0 Å². The van der Waals surface area contributed by atoms with Crippen molar-refractivity contribution in [3.8, 4) is 0 Å². The van der Waals surface area contributed by atoms with E-state index in [0.717, 1.165) is 19.5 Å². The first-order valence-corrected chi connectivity index (χ1v) is 7.51. The summed E-state index contributed by atoms with van der Waals surface area (Å²) < 4.78 is 0. The molecule has 0 rings (SSSR count). The topological polar surface area (TPSA) is 29.3 Å². The predicted octanol–water partition coefficient (Wildman–Crippen LogP) is 3.79. The summed E-state index contributed by atoms with van der Waals surface area (Å²) in [5.41, 5.74) is 6.51. The Kier molecular flexibility index (Phi) is 8.89. The number of unbranched alkanes of at least 4 members (excludes halogenated alkanes) is 4. The van der Waals surface area contributed by atoms with Crippen LogP contribution >= 0.6 is 0 Å². The summed E-state index contributed by atoms with van der Waals surface area (Å²) in [4.78, 5) is 2.48. The van der Waals surface area contributed by atoms with Gasteiger partial charge in [0, 0.05) is 11.6 Å². The summed E-state index contributed by atoms with van der Waals surface area (Å²) in [6, 6.07) is 0.295. The number of hydrogen-bond donors (Lipinski definition) is 1. The first-order chi connectivity index (χ1) is 8.00. The SMILES string of the molecule is CCCCCCCC(N)C(C)(C)N(CC)CC. The monoisotopic (exact) mass is 242 g/mol. The van der Waals surface area contributed by atoms with Crippen LogP contribution < -0.4 is 5.73 Å². The van der Waals surface area contributed by atoms with Crippen molar-refractivity contribution in [2.24, 2.45) is 5.73 Å². The third-order valence-electron chi connectivity index (χ3n) is 4.10. The van der Waals surface area contributed by atoms with Crippen molar-refractivity contribution in [3.63, 3.8) is 0 Å². The van der Waals surface area contributed by atoms with Crippen LogP contribution in [0.4, 0.5) is 0 Å². The van der Waals surface area contributed by atoms with Crippen molar-refractivity contribution in [2.45, 2.75) is 84.7 Å². The van der Waals surface area contributed by atoms with Crippen molar-refractivity contribution in [1.82, 2.24) is 4.90 Å². The molecule has 0 aliphatic rings. The van der Waals surface area contributed by atoms with Crippen LogP contribution in [-0.2, 0) is 0 Å². The second-order valence-corrected chi connectivity index (χ2v) is 5.64. The Hall–Kier alpha value is -0.0800. The number of rotatable bonds is 10. The van der Waals surface area contributed by atoms with E-state index in [4.69, 9.17) is 5.73 Å². The normalized spacial score (nSPS) is 14.3. The van der Waals surface area contributed by atoms with E-state index in [2.05, 4.69) is 39.5 Å². The average molecular weight is 242 g/mol. The van der Waals surface area contributed by atoms with Gasteiger partial charge in [-0.2, -0.15) is 0 Å². The molecule has 0 saturated heterocycles. The molecule has 17 heavy (non-hydrogen) atoms. The maximum absolute atomic E-state index is 6.38. The fourth-order valence-corrected chi connectivity index (χ4v) is 2.59. The van der Waals surface area contributed by atoms with E-state index < -0.39 is 0 Å². The van der Waals surface area contributed by atoms with Crippen molar-refractivity contribution < 1.29 is 0 Å². The minimum atomic E-state index is 0.133. The van der Waals surface area contributed by atoms with Gasteiger partial charge in [-0.3, -0.25) is 4.90 Å². The molecule has 0 aliphatic heterocycles. The minimum absolute atomic E-state index is 0.133. The number of hydrogen-bond acceptors (Lipinski definition) is 2. The summed E-state index contributed by atoms with van der Waals surface area (Å²) in [7, 11) is 0. The largest absolute Gasteiger partial charge is 0.326 e. The molecule has 2 nitrogen and oxygen atoms in total. The third-order valence-corrected chi connectivity index (χ3v) is 4.10. The summed E-state index contributed by atoms with van der Waals surface area (Å²) in [5.74, 6) is 0. The highest BCUT2D eigenvalue weighted by Crippen LogP contribution is 2.21. The predicted molar refractivity (Wildman–Crippen MR) is 78.4 cm³/mol. The van der Waals surface area contributed by atoms with E-state index in [1.807, 2.05) is 0 Å². The van der Waals surface area contributed by atoms with Gasteiger partial charge in [0.15, 0.2) is 0 Å². The lowest BCUT2D eigenvalue weighted by atomic mass is 9.89. The molecule has 2 N–H and O–H groups in total. The van der Waals surface area contributed by atoms with Gasteiger partial charge >= 0.3 is 0 Å². The Balaban J connectivity index is 3.97. The van der Waals surface area contributed by atoms with Crippen LogP contribution in [0, 0.1) is 0 Å². The molecule has 1 atom stereocenters. The fraction of sp³-hybridized carbons (Fsp3) is 1.00. The zero-order chi connectivity index (χ0) is 13.3. The van der Waals surface area contributed by atoms with Crippen molar-refractivity contribution in [2.75, 3.05) is 13.1 Å². The maximum atomic E-state index is 6.38. The Morgan fingerprint density at radius 1 is 0.941 bits per heavy atom. The maximum Gasteiger partial charge on any atom is 0.0303 e. The van der Waals surface area contributed by atoms with Crippen LogP contribution in [0.3, 0.4) is 0 Å². The molecule has 0 aliphatic carbocycles. The highest BCUT2D eigenvalue weighted by molar-refractivity contribution is 4.90. The first kappa shape index (κ1) is 16.9. The van der Waals surface area contributed by atoms with E-state index in [0.29, 0.717) is 6.04 Å². The lowest BCUT2D eigenvalue weighted by Crippen LogP contribution is -2.55. The Morgan fingerprint density at radius 2 is 1.47 bits per heavy atom. The second-order valence-electron chi connectivity index (χ2n) is 5.64. The molecule has 1 unspecified atom stereocenters. The molecule has 0 aromatic carbocycles. The zero-order valence-electron chi connectivity index (χ0n) is 12.8. The number of nitrogens with two attached hydrogens (primary N) is 1. The van der Waals surface area contributed by atoms with Crippen LogP contribution in [-0.4, -0.2) is 29.6 Å². The molecule has 0 bridgehead atoms. The summed E-state index contributed by atoms with van der Waals surface area (Å²) >= 11 is 0. The van der Waals surface area contributed by atoms with Gasteiger partial charge in [0.1, 0.15) is 0 Å². The Labute approximate surface area is 109 Å². The summed E-state index contributed by atoms with van der Waals surface area (Å²) in [6.07, 6.45) is 7.84. The quantitative estimate of drug-likeness (QED) is 0.591. The van der Waals surface area contributed by atoms with Crippen LogP contribution in [0.1, 0.15) is 73.1 Å². The molecular formula is C15H34N2. The van der Waals surface area contributed by atoms with Gasteiger partial charge in [0.05, 0.1) is 0 Å². The summed E-state index contributed by atoms with van der Waals surface area (Å²) in [6.45, 7) is 13.5. The third kappa shape index (κ3) is 5.87. The highest BCUT2D eigenvalue weighted by Gasteiger charge is 2.30. The molecule has 0 saturated carbocycles. The van der Waals surface area contributed by atoms with Crippen LogP contribution in [0.5, 0.6) is 0 Å². The molecule has 0 aromatic heterocycles. The van der Waals surface area contributed by atoms with Gasteiger partial charge in [-0.1, -0.05) is 52.9 Å². The van der Waals surface area contributed by atoms with Gasteiger partial charge in [-0.15, -0.1) is 0 Å². The zero-order valence-corrected chi connectivity index (χ0v) is 12.8. The Morgan fingerprint density at radius 3 is 1.94 bits per heavy atom. The summed E-state index contributed by atoms with van der Waals surface area (Å²) in [5, 5.41) is 0.